The summed E-state index contributed by atoms with van der Waals surface area (Å²) >= 11 is 1.71. The summed E-state index contributed by atoms with van der Waals surface area (Å²) in [5.74, 6) is 0. The van der Waals surface area contributed by atoms with Crippen molar-refractivity contribution in [2.45, 2.75) is 24.7 Å². The van der Waals surface area contributed by atoms with Gasteiger partial charge in [-0.1, -0.05) is 30.6 Å². The molecule has 1 N–H and O–H groups in total. The minimum atomic E-state index is 0.764. The third-order valence-electron chi connectivity index (χ3n) is 2.03. The van der Waals surface area contributed by atoms with E-state index in [4.69, 9.17) is 5.21 Å². The maximum atomic E-state index is 8.82. The highest BCUT2D eigenvalue weighted by atomic mass is 32.2. The van der Waals surface area contributed by atoms with E-state index in [0.717, 1.165) is 24.1 Å². The van der Waals surface area contributed by atoms with Gasteiger partial charge in [0.2, 0.25) is 0 Å². The molecule has 0 aromatic heterocycles. The zero-order valence-corrected chi connectivity index (χ0v) is 9.34. The van der Waals surface area contributed by atoms with E-state index in [0.29, 0.717) is 0 Å². The Morgan fingerprint density at radius 1 is 1.36 bits per heavy atom. The maximum absolute atomic E-state index is 8.82. The molecule has 1 aromatic rings. The average molecular weight is 209 g/mol. The highest BCUT2D eigenvalue weighted by Gasteiger charge is 2.02. The highest BCUT2D eigenvalue weighted by Crippen LogP contribution is 2.16. The number of benzene rings is 1. The van der Waals surface area contributed by atoms with E-state index in [1.165, 1.54) is 4.90 Å². The molecule has 0 saturated carbocycles. The Morgan fingerprint density at radius 2 is 2.00 bits per heavy atom. The van der Waals surface area contributed by atoms with E-state index in [1.807, 2.05) is 30.5 Å². The second-order valence-corrected chi connectivity index (χ2v) is 3.90. The number of nitrogens with zero attached hydrogens (tertiary/aromatic N) is 1. The molecule has 0 aliphatic rings. The van der Waals surface area contributed by atoms with Crippen molar-refractivity contribution in [3.05, 3.63) is 29.8 Å². The molecule has 0 saturated heterocycles. The molecule has 1 rings (SSSR count). The lowest BCUT2D eigenvalue weighted by Gasteiger charge is -2.03. The first-order valence-corrected chi connectivity index (χ1v) is 5.89. The molecule has 0 amide bonds. The van der Waals surface area contributed by atoms with E-state index in [9.17, 15) is 0 Å². The Morgan fingerprint density at radius 3 is 2.43 bits per heavy atom. The molecule has 0 aliphatic carbocycles. The summed E-state index contributed by atoms with van der Waals surface area (Å²) in [5, 5.41) is 12.1. The van der Waals surface area contributed by atoms with E-state index in [-0.39, 0.29) is 0 Å². The van der Waals surface area contributed by atoms with Gasteiger partial charge in [0, 0.05) is 4.90 Å². The first-order valence-electron chi connectivity index (χ1n) is 4.67. The summed E-state index contributed by atoms with van der Waals surface area (Å²) in [7, 11) is 0. The molecule has 2 nitrogen and oxygen atoms in total. The lowest BCUT2D eigenvalue weighted by Crippen LogP contribution is -1.99. The van der Waals surface area contributed by atoms with Gasteiger partial charge < -0.3 is 5.21 Å². The second kappa shape index (κ2) is 5.70. The van der Waals surface area contributed by atoms with E-state index in [2.05, 4.69) is 12.1 Å². The summed E-state index contributed by atoms with van der Waals surface area (Å²) in [6, 6.07) is 8.08. The van der Waals surface area contributed by atoms with Crippen molar-refractivity contribution in [3.63, 3.8) is 0 Å². The van der Waals surface area contributed by atoms with Crippen LogP contribution >= 0.6 is 11.8 Å². The zero-order valence-electron chi connectivity index (χ0n) is 8.53. The summed E-state index contributed by atoms with van der Waals surface area (Å²) in [6.45, 7) is 2.07. The Balaban J connectivity index is 2.84. The van der Waals surface area contributed by atoms with Crippen LogP contribution in [0.1, 0.15) is 25.3 Å². The fraction of sp³-hybridized carbons (Fsp3) is 0.364. The van der Waals surface area contributed by atoms with Crippen LogP contribution in [0.25, 0.3) is 0 Å². The van der Waals surface area contributed by atoms with Crippen LogP contribution in [0.5, 0.6) is 0 Å². The molecule has 0 aliphatic heterocycles. The number of rotatable bonds is 4. The molecule has 3 heteroatoms. The monoisotopic (exact) mass is 209 g/mol. The second-order valence-electron chi connectivity index (χ2n) is 3.03. The van der Waals surface area contributed by atoms with Gasteiger partial charge in [-0.3, -0.25) is 0 Å². The molecule has 14 heavy (non-hydrogen) atoms. The molecule has 0 spiro atoms. The van der Waals surface area contributed by atoms with Gasteiger partial charge in [-0.2, -0.15) is 0 Å². The molecule has 76 valence electrons. The van der Waals surface area contributed by atoms with E-state index < -0.39 is 0 Å². The Kier molecular flexibility index (Phi) is 4.53. The predicted molar refractivity (Wildman–Crippen MR) is 61.5 cm³/mol. The van der Waals surface area contributed by atoms with Crippen molar-refractivity contribution >= 4 is 17.5 Å². The maximum Gasteiger partial charge on any atom is 0.0867 e. The van der Waals surface area contributed by atoms with Gasteiger partial charge in [-0.05, 0) is 30.4 Å². The molecule has 0 bridgehead atoms. The SMILES string of the molecule is CCCC(=NO)c1ccc(SC)cc1. The van der Waals surface area contributed by atoms with Gasteiger partial charge in [-0.25, -0.2) is 0 Å². The van der Waals surface area contributed by atoms with Gasteiger partial charge in [0.05, 0.1) is 5.71 Å². The third kappa shape index (κ3) is 2.77. The van der Waals surface area contributed by atoms with Crippen LogP contribution in [0.4, 0.5) is 0 Å². The van der Waals surface area contributed by atoms with Crippen molar-refractivity contribution in [1.82, 2.24) is 0 Å². The molecule has 0 heterocycles. The zero-order chi connectivity index (χ0) is 10.4. The van der Waals surface area contributed by atoms with Crippen LogP contribution in [0.15, 0.2) is 34.3 Å². The van der Waals surface area contributed by atoms with Crippen LogP contribution in [-0.2, 0) is 0 Å². The van der Waals surface area contributed by atoms with Crippen molar-refractivity contribution < 1.29 is 5.21 Å². The van der Waals surface area contributed by atoms with Crippen LogP contribution in [0, 0.1) is 0 Å². The van der Waals surface area contributed by atoms with Crippen LogP contribution in [0.2, 0.25) is 0 Å². The van der Waals surface area contributed by atoms with Gasteiger partial charge in [0.25, 0.3) is 0 Å². The topological polar surface area (TPSA) is 32.6 Å². The average Bonchev–Trinajstić information content (AvgIpc) is 2.26. The first kappa shape index (κ1) is 11.1. The molecular weight excluding hydrogens is 194 g/mol. The lowest BCUT2D eigenvalue weighted by molar-refractivity contribution is 0.318. The largest absolute Gasteiger partial charge is 0.411 e. The number of thioether (sulfide) groups is 1. The van der Waals surface area contributed by atoms with Crippen molar-refractivity contribution in [2.24, 2.45) is 5.16 Å². The molecule has 0 atom stereocenters. The van der Waals surface area contributed by atoms with Crippen LogP contribution in [-0.4, -0.2) is 17.2 Å². The molecule has 1 aromatic carbocycles. The van der Waals surface area contributed by atoms with E-state index >= 15 is 0 Å². The first-order chi connectivity index (χ1) is 6.81. The summed E-state index contributed by atoms with van der Waals surface area (Å²) in [6.07, 6.45) is 3.85. The van der Waals surface area contributed by atoms with Crippen molar-refractivity contribution in [1.29, 1.82) is 0 Å². The number of hydrogen-bond acceptors (Lipinski definition) is 3. The number of hydrogen-bond donors (Lipinski definition) is 1. The Hall–Kier alpha value is -0.960. The Labute approximate surface area is 89.0 Å². The van der Waals surface area contributed by atoms with Crippen LogP contribution in [0.3, 0.4) is 0 Å². The molecule has 0 fully saturated rings. The summed E-state index contributed by atoms with van der Waals surface area (Å²) in [4.78, 5) is 1.22. The van der Waals surface area contributed by atoms with Crippen molar-refractivity contribution in [2.75, 3.05) is 6.26 Å². The Bertz CT molecular complexity index is 306. The smallest absolute Gasteiger partial charge is 0.0867 e. The normalized spacial score (nSPS) is 11.7. The summed E-state index contributed by atoms with van der Waals surface area (Å²) in [5.41, 5.74) is 1.77. The van der Waals surface area contributed by atoms with Crippen molar-refractivity contribution in [3.8, 4) is 0 Å². The standard InChI is InChI=1S/C11H15NOS/c1-3-4-11(12-13)9-5-7-10(14-2)8-6-9/h5-8,13H,3-4H2,1-2H3. The van der Waals surface area contributed by atoms with E-state index in [1.54, 1.807) is 11.8 Å². The lowest BCUT2D eigenvalue weighted by atomic mass is 10.1. The van der Waals surface area contributed by atoms with Gasteiger partial charge >= 0.3 is 0 Å². The van der Waals surface area contributed by atoms with Gasteiger partial charge in [0.15, 0.2) is 0 Å². The van der Waals surface area contributed by atoms with Gasteiger partial charge in [0.1, 0.15) is 0 Å². The predicted octanol–water partition coefficient (Wildman–Crippen LogP) is 3.39. The molecule has 0 unspecified atom stereocenters. The van der Waals surface area contributed by atoms with Gasteiger partial charge in [-0.15, -0.1) is 11.8 Å². The fourth-order valence-electron chi connectivity index (χ4n) is 1.27. The quantitative estimate of drug-likeness (QED) is 0.357. The minimum Gasteiger partial charge on any atom is -0.411 e. The minimum absolute atomic E-state index is 0.764. The van der Waals surface area contributed by atoms with Crippen LogP contribution < -0.4 is 0 Å². The molecular formula is C11H15NOS. The third-order valence-corrected chi connectivity index (χ3v) is 2.77. The highest BCUT2D eigenvalue weighted by molar-refractivity contribution is 7.98. The fourth-order valence-corrected chi connectivity index (χ4v) is 1.68. The molecule has 0 radical (unpaired) electrons. The summed E-state index contributed by atoms with van der Waals surface area (Å²) < 4.78 is 0. The number of oxime groups is 1.